The lowest BCUT2D eigenvalue weighted by atomic mass is 10.3. The Labute approximate surface area is 89.6 Å². The van der Waals surface area contributed by atoms with Crippen LogP contribution in [0.4, 0.5) is 5.82 Å². The van der Waals surface area contributed by atoms with E-state index in [-0.39, 0.29) is 5.84 Å². The monoisotopic (exact) mass is 204 g/mol. The minimum Gasteiger partial charge on any atom is -0.382 e. The zero-order chi connectivity index (χ0) is 10.8. The van der Waals surface area contributed by atoms with Crippen molar-refractivity contribution in [1.82, 2.24) is 4.98 Å². The van der Waals surface area contributed by atoms with Gasteiger partial charge >= 0.3 is 0 Å². The molecule has 1 aromatic rings. The van der Waals surface area contributed by atoms with Gasteiger partial charge in [0.2, 0.25) is 0 Å². The first-order chi connectivity index (χ1) is 7.22. The number of pyridine rings is 1. The second kappa shape index (κ2) is 3.88. The molecule has 0 bridgehead atoms. The van der Waals surface area contributed by atoms with E-state index >= 15 is 0 Å². The van der Waals surface area contributed by atoms with Gasteiger partial charge in [-0.05, 0) is 31.9 Å². The van der Waals surface area contributed by atoms with Crippen molar-refractivity contribution >= 4 is 11.7 Å². The molecule has 1 heterocycles. The van der Waals surface area contributed by atoms with Crippen molar-refractivity contribution in [2.45, 2.75) is 25.8 Å². The number of rotatable bonds is 4. The van der Waals surface area contributed by atoms with Crippen LogP contribution in [0.15, 0.2) is 18.2 Å². The van der Waals surface area contributed by atoms with E-state index in [0.717, 1.165) is 12.4 Å². The van der Waals surface area contributed by atoms with Crippen LogP contribution in [0.1, 0.15) is 25.5 Å². The summed E-state index contributed by atoms with van der Waals surface area (Å²) in [6.07, 6.45) is 2.50. The topological polar surface area (TPSA) is 66.0 Å². The van der Waals surface area contributed by atoms with E-state index in [0.29, 0.717) is 11.7 Å². The molecule has 1 aliphatic carbocycles. The predicted molar refractivity (Wildman–Crippen MR) is 61.3 cm³/mol. The molecule has 3 N–H and O–H groups in total. The van der Waals surface area contributed by atoms with Gasteiger partial charge in [0, 0.05) is 12.6 Å². The summed E-state index contributed by atoms with van der Waals surface area (Å²) >= 11 is 0. The van der Waals surface area contributed by atoms with Crippen LogP contribution in [0.2, 0.25) is 0 Å². The fourth-order valence-electron chi connectivity index (χ4n) is 1.73. The molecule has 1 aliphatic rings. The van der Waals surface area contributed by atoms with Crippen molar-refractivity contribution < 1.29 is 0 Å². The van der Waals surface area contributed by atoms with E-state index < -0.39 is 0 Å². The number of amidine groups is 1. The second-order valence-electron chi connectivity index (χ2n) is 3.81. The van der Waals surface area contributed by atoms with Gasteiger partial charge in [-0.1, -0.05) is 6.07 Å². The first-order valence-corrected chi connectivity index (χ1v) is 5.30. The minimum atomic E-state index is 0.0312. The highest BCUT2D eigenvalue weighted by atomic mass is 15.2. The molecule has 1 saturated carbocycles. The van der Waals surface area contributed by atoms with E-state index in [9.17, 15) is 0 Å². The molecule has 0 saturated heterocycles. The Morgan fingerprint density at radius 1 is 1.60 bits per heavy atom. The molecule has 15 heavy (non-hydrogen) atoms. The lowest BCUT2D eigenvalue weighted by Gasteiger charge is -2.21. The van der Waals surface area contributed by atoms with E-state index in [1.54, 1.807) is 6.07 Å². The number of anilines is 1. The Kier molecular flexibility index (Phi) is 2.58. The number of nitrogen functional groups attached to an aromatic ring is 1. The summed E-state index contributed by atoms with van der Waals surface area (Å²) in [6.45, 7) is 3.08. The SMILES string of the molecule is CCN(c1cccc(C(=N)N)n1)C1CC1. The predicted octanol–water partition coefficient (Wildman–Crippen LogP) is 1.35. The third-order valence-electron chi connectivity index (χ3n) is 2.63. The molecular formula is C11H16N4. The van der Waals surface area contributed by atoms with Crippen molar-refractivity contribution in [2.24, 2.45) is 5.73 Å². The molecule has 0 radical (unpaired) electrons. The summed E-state index contributed by atoms with van der Waals surface area (Å²) in [5.74, 6) is 0.969. The summed E-state index contributed by atoms with van der Waals surface area (Å²) in [6, 6.07) is 6.30. The van der Waals surface area contributed by atoms with Crippen molar-refractivity contribution in [3.05, 3.63) is 23.9 Å². The Morgan fingerprint density at radius 3 is 2.87 bits per heavy atom. The molecule has 1 fully saturated rings. The average molecular weight is 204 g/mol. The molecule has 0 amide bonds. The zero-order valence-electron chi connectivity index (χ0n) is 8.90. The highest BCUT2D eigenvalue weighted by Gasteiger charge is 2.28. The summed E-state index contributed by atoms with van der Waals surface area (Å²) in [4.78, 5) is 6.65. The molecule has 2 rings (SSSR count). The molecule has 0 aliphatic heterocycles. The molecular weight excluding hydrogens is 188 g/mol. The van der Waals surface area contributed by atoms with E-state index in [4.69, 9.17) is 11.1 Å². The molecule has 0 atom stereocenters. The standard InChI is InChI=1S/C11H16N4/c1-2-15(8-6-7-8)10-5-3-4-9(14-10)11(12)13/h3-5,8H,2,6-7H2,1H3,(H3,12,13). The van der Waals surface area contributed by atoms with Gasteiger partial charge in [0.25, 0.3) is 0 Å². The number of nitrogens with one attached hydrogen (secondary N) is 1. The Morgan fingerprint density at radius 2 is 2.33 bits per heavy atom. The quantitative estimate of drug-likeness (QED) is 0.574. The van der Waals surface area contributed by atoms with Gasteiger partial charge in [0.15, 0.2) is 0 Å². The number of nitrogens with zero attached hydrogens (tertiary/aromatic N) is 2. The molecule has 4 heteroatoms. The van der Waals surface area contributed by atoms with Crippen LogP contribution in [-0.2, 0) is 0 Å². The molecule has 0 aromatic carbocycles. The van der Waals surface area contributed by atoms with Crippen LogP contribution in [0.3, 0.4) is 0 Å². The lowest BCUT2D eigenvalue weighted by molar-refractivity contribution is 0.807. The Hall–Kier alpha value is -1.58. The highest BCUT2D eigenvalue weighted by Crippen LogP contribution is 2.30. The van der Waals surface area contributed by atoms with Gasteiger partial charge in [-0.15, -0.1) is 0 Å². The fourth-order valence-corrected chi connectivity index (χ4v) is 1.73. The summed E-state index contributed by atoms with van der Waals surface area (Å²) < 4.78 is 0. The Bertz CT molecular complexity index is 371. The maximum atomic E-state index is 7.35. The van der Waals surface area contributed by atoms with Gasteiger partial charge in [-0.3, -0.25) is 5.41 Å². The van der Waals surface area contributed by atoms with Crippen LogP contribution in [0, 0.1) is 5.41 Å². The largest absolute Gasteiger partial charge is 0.382 e. The molecule has 80 valence electrons. The molecule has 0 unspecified atom stereocenters. The van der Waals surface area contributed by atoms with E-state index in [1.165, 1.54) is 12.8 Å². The van der Waals surface area contributed by atoms with E-state index in [2.05, 4.69) is 16.8 Å². The average Bonchev–Trinajstić information content (AvgIpc) is 3.04. The van der Waals surface area contributed by atoms with Crippen LogP contribution < -0.4 is 10.6 Å². The highest BCUT2D eigenvalue weighted by molar-refractivity contribution is 5.93. The summed E-state index contributed by atoms with van der Waals surface area (Å²) in [5.41, 5.74) is 5.98. The number of nitrogens with two attached hydrogens (primary N) is 1. The fraction of sp³-hybridized carbons (Fsp3) is 0.455. The lowest BCUT2D eigenvalue weighted by Crippen LogP contribution is -2.27. The van der Waals surface area contributed by atoms with Crippen LogP contribution in [-0.4, -0.2) is 23.4 Å². The molecule has 0 spiro atoms. The number of aromatic nitrogens is 1. The normalized spacial score (nSPS) is 15.0. The van der Waals surface area contributed by atoms with Gasteiger partial charge in [0.05, 0.1) is 0 Å². The van der Waals surface area contributed by atoms with Crippen molar-refractivity contribution in [3.63, 3.8) is 0 Å². The first kappa shape index (κ1) is 9.96. The van der Waals surface area contributed by atoms with Crippen molar-refractivity contribution in [1.29, 1.82) is 5.41 Å². The zero-order valence-corrected chi connectivity index (χ0v) is 8.90. The number of hydrogen-bond donors (Lipinski definition) is 2. The Balaban J connectivity index is 2.26. The molecule has 4 nitrogen and oxygen atoms in total. The van der Waals surface area contributed by atoms with E-state index in [1.807, 2.05) is 12.1 Å². The molecule has 1 aromatic heterocycles. The van der Waals surface area contributed by atoms with Gasteiger partial charge < -0.3 is 10.6 Å². The van der Waals surface area contributed by atoms with Gasteiger partial charge in [-0.25, -0.2) is 4.98 Å². The minimum absolute atomic E-state index is 0.0312. The van der Waals surface area contributed by atoms with Crippen LogP contribution in [0.5, 0.6) is 0 Å². The van der Waals surface area contributed by atoms with Crippen molar-refractivity contribution in [2.75, 3.05) is 11.4 Å². The summed E-state index contributed by atoms with van der Waals surface area (Å²) in [7, 11) is 0. The second-order valence-corrected chi connectivity index (χ2v) is 3.81. The first-order valence-electron chi connectivity index (χ1n) is 5.30. The third kappa shape index (κ3) is 2.09. The van der Waals surface area contributed by atoms with Gasteiger partial charge in [0.1, 0.15) is 17.3 Å². The maximum absolute atomic E-state index is 7.35. The van der Waals surface area contributed by atoms with Crippen LogP contribution in [0.25, 0.3) is 0 Å². The number of hydrogen-bond acceptors (Lipinski definition) is 3. The van der Waals surface area contributed by atoms with Crippen LogP contribution >= 0.6 is 0 Å². The van der Waals surface area contributed by atoms with Crippen molar-refractivity contribution in [3.8, 4) is 0 Å². The van der Waals surface area contributed by atoms with Gasteiger partial charge in [-0.2, -0.15) is 0 Å². The smallest absolute Gasteiger partial charge is 0.141 e. The third-order valence-corrected chi connectivity index (χ3v) is 2.63. The maximum Gasteiger partial charge on any atom is 0.141 e. The summed E-state index contributed by atoms with van der Waals surface area (Å²) in [5, 5.41) is 7.35.